The zero-order valence-corrected chi connectivity index (χ0v) is 7.87. The van der Waals surface area contributed by atoms with Crippen molar-refractivity contribution < 1.29 is 0 Å². The topological polar surface area (TPSA) is 0 Å². The van der Waals surface area contributed by atoms with Gasteiger partial charge in [0.25, 0.3) is 0 Å². The van der Waals surface area contributed by atoms with Crippen LogP contribution < -0.4 is 0 Å². The highest BCUT2D eigenvalue weighted by Gasteiger charge is 1.88. The van der Waals surface area contributed by atoms with Gasteiger partial charge >= 0.3 is 0 Å². The molecule has 0 aromatic carbocycles. The van der Waals surface area contributed by atoms with Crippen LogP contribution in [0.2, 0.25) is 0 Å². The summed E-state index contributed by atoms with van der Waals surface area (Å²) in [7, 11) is 0. The smallest absolute Gasteiger partial charge is 0.0214 e. The summed E-state index contributed by atoms with van der Waals surface area (Å²) in [5, 5.41) is 1.01. The first-order valence-electron chi connectivity index (χ1n) is 3.59. The molecule has 0 amide bonds. The Morgan fingerprint density at radius 3 is 2.44 bits per heavy atom. The molecule has 0 aliphatic heterocycles. The van der Waals surface area contributed by atoms with Gasteiger partial charge in [-0.15, -0.1) is 0 Å². The number of allylic oxidation sites excluding steroid dienone is 2. The van der Waals surface area contributed by atoms with Gasteiger partial charge < -0.3 is 0 Å². The zero-order chi connectivity index (χ0) is 7.11. The van der Waals surface area contributed by atoms with Crippen molar-refractivity contribution in [1.29, 1.82) is 0 Å². The second-order valence-corrected chi connectivity index (χ2v) is 2.77. The van der Waals surface area contributed by atoms with Crippen LogP contribution in [-0.4, -0.2) is 5.33 Å². The van der Waals surface area contributed by atoms with Gasteiger partial charge in [0.15, 0.2) is 0 Å². The van der Waals surface area contributed by atoms with Crippen LogP contribution in [0, 0.1) is 0 Å². The van der Waals surface area contributed by atoms with Gasteiger partial charge in [-0.05, 0) is 12.8 Å². The maximum Gasteiger partial charge on any atom is 0.0214 e. The molecule has 0 aliphatic carbocycles. The van der Waals surface area contributed by atoms with Crippen LogP contribution in [0.4, 0.5) is 0 Å². The molecule has 0 heterocycles. The normalized spacial score (nSPS) is 12.1. The molecule has 0 spiro atoms. The Morgan fingerprint density at radius 2 is 2.11 bits per heavy atom. The molecular formula is C8H15Br. The first-order chi connectivity index (χ1) is 4.35. The van der Waals surface area contributed by atoms with Crippen molar-refractivity contribution in [1.82, 2.24) is 0 Å². The molecule has 0 aromatic heterocycles. The highest BCUT2D eigenvalue weighted by Crippen LogP contribution is 2.08. The van der Waals surface area contributed by atoms with Crippen LogP contribution in [0.15, 0.2) is 11.6 Å². The average Bonchev–Trinajstić information content (AvgIpc) is 1.88. The van der Waals surface area contributed by atoms with Crippen molar-refractivity contribution in [2.75, 3.05) is 5.33 Å². The van der Waals surface area contributed by atoms with Crippen molar-refractivity contribution in [3.63, 3.8) is 0 Å². The van der Waals surface area contributed by atoms with E-state index in [2.05, 4.69) is 35.9 Å². The highest BCUT2D eigenvalue weighted by molar-refractivity contribution is 9.09. The summed E-state index contributed by atoms with van der Waals surface area (Å²) < 4.78 is 0. The van der Waals surface area contributed by atoms with Crippen LogP contribution in [0.25, 0.3) is 0 Å². The summed E-state index contributed by atoms with van der Waals surface area (Å²) in [6, 6.07) is 0. The van der Waals surface area contributed by atoms with Crippen molar-refractivity contribution in [3.8, 4) is 0 Å². The van der Waals surface area contributed by atoms with Gasteiger partial charge in [0, 0.05) is 5.33 Å². The monoisotopic (exact) mass is 190 g/mol. The van der Waals surface area contributed by atoms with E-state index in [1.807, 2.05) is 0 Å². The molecule has 9 heavy (non-hydrogen) atoms. The van der Waals surface area contributed by atoms with E-state index >= 15 is 0 Å². The molecule has 0 saturated carbocycles. The standard InChI is InChI=1S/C8H15Br/c1-3-5-8(4-2)6-7-9/h6H,3-5,7H2,1-2H3. The van der Waals surface area contributed by atoms with E-state index in [1.54, 1.807) is 5.57 Å². The molecule has 0 atom stereocenters. The van der Waals surface area contributed by atoms with Crippen molar-refractivity contribution in [2.24, 2.45) is 0 Å². The second-order valence-electron chi connectivity index (χ2n) is 2.12. The quantitative estimate of drug-likeness (QED) is 0.471. The van der Waals surface area contributed by atoms with Gasteiger partial charge in [0.05, 0.1) is 0 Å². The van der Waals surface area contributed by atoms with Crippen LogP contribution in [0.5, 0.6) is 0 Å². The maximum atomic E-state index is 3.38. The minimum absolute atomic E-state index is 1.01. The Hall–Kier alpha value is 0.220. The molecule has 0 rings (SSSR count). The predicted molar refractivity (Wildman–Crippen MR) is 47.1 cm³/mol. The largest absolute Gasteiger partial charge is 0.0883 e. The Labute approximate surface area is 66.5 Å². The summed E-state index contributed by atoms with van der Waals surface area (Å²) in [6.45, 7) is 4.43. The van der Waals surface area contributed by atoms with Gasteiger partial charge in [-0.3, -0.25) is 0 Å². The van der Waals surface area contributed by atoms with Gasteiger partial charge in [-0.1, -0.05) is 47.8 Å². The third kappa shape index (κ3) is 4.71. The van der Waals surface area contributed by atoms with E-state index in [1.165, 1.54) is 19.3 Å². The van der Waals surface area contributed by atoms with E-state index in [0.717, 1.165) is 5.33 Å². The Bertz CT molecular complexity index is 84.6. The third-order valence-electron chi connectivity index (χ3n) is 1.39. The molecule has 0 saturated heterocycles. The minimum Gasteiger partial charge on any atom is -0.0883 e. The minimum atomic E-state index is 1.01. The molecule has 0 fully saturated rings. The molecule has 0 unspecified atom stereocenters. The van der Waals surface area contributed by atoms with E-state index in [4.69, 9.17) is 0 Å². The number of hydrogen-bond donors (Lipinski definition) is 0. The van der Waals surface area contributed by atoms with Crippen molar-refractivity contribution in [3.05, 3.63) is 11.6 Å². The molecule has 0 aliphatic rings. The first-order valence-corrected chi connectivity index (χ1v) is 4.71. The molecule has 1 heteroatoms. The van der Waals surface area contributed by atoms with E-state index in [-0.39, 0.29) is 0 Å². The van der Waals surface area contributed by atoms with Crippen molar-refractivity contribution >= 4 is 15.9 Å². The van der Waals surface area contributed by atoms with E-state index in [9.17, 15) is 0 Å². The average molecular weight is 191 g/mol. The maximum absolute atomic E-state index is 3.38. The van der Waals surface area contributed by atoms with Gasteiger partial charge in [0.2, 0.25) is 0 Å². The van der Waals surface area contributed by atoms with E-state index in [0.29, 0.717) is 0 Å². The lowest BCUT2D eigenvalue weighted by Gasteiger charge is -1.98. The molecular weight excluding hydrogens is 176 g/mol. The van der Waals surface area contributed by atoms with Crippen LogP contribution in [0.3, 0.4) is 0 Å². The highest BCUT2D eigenvalue weighted by atomic mass is 79.9. The SMILES string of the molecule is CCCC(=CCBr)CC. The number of halogens is 1. The summed E-state index contributed by atoms with van der Waals surface area (Å²) in [6.07, 6.45) is 6.01. The molecule has 0 nitrogen and oxygen atoms in total. The molecule has 0 bridgehead atoms. The Morgan fingerprint density at radius 1 is 1.44 bits per heavy atom. The van der Waals surface area contributed by atoms with Gasteiger partial charge in [0.1, 0.15) is 0 Å². The van der Waals surface area contributed by atoms with Crippen LogP contribution >= 0.6 is 15.9 Å². The summed E-state index contributed by atoms with van der Waals surface area (Å²) in [5.74, 6) is 0. The summed E-state index contributed by atoms with van der Waals surface area (Å²) in [5.41, 5.74) is 1.58. The number of alkyl halides is 1. The molecule has 0 aromatic rings. The van der Waals surface area contributed by atoms with Gasteiger partial charge in [-0.25, -0.2) is 0 Å². The summed E-state index contributed by atoms with van der Waals surface area (Å²) in [4.78, 5) is 0. The first kappa shape index (κ1) is 9.22. The van der Waals surface area contributed by atoms with E-state index < -0.39 is 0 Å². The Balaban J connectivity index is 3.53. The zero-order valence-electron chi connectivity index (χ0n) is 6.28. The number of rotatable bonds is 4. The van der Waals surface area contributed by atoms with Crippen molar-refractivity contribution in [2.45, 2.75) is 33.1 Å². The van der Waals surface area contributed by atoms with Gasteiger partial charge in [-0.2, -0.15) is 0 Å². The number of hydrogen-bond acceptors (Lipinski definition) is 0. The fourth-order valence-electron chi connectivity index (χ4n) is 0.853. The second kappa shape index (κ2) is 6.34. The van der Waals surface area contributed by atoms with Crippen LogP contribution in [-0.2, 0) is 0 Å². The molecule has 0 radical (unpaired) electrons. The Kier molecular flexibility index (Phi) is 6.50. The fraction of sp³-hybridized carbons (Fsp3) is 0.750. The summed E-state index contributed by atoms with van der Waals surface area (Å²) >= 11 is 3.38. The predicted octanol–water partition coefficient (Wildman–Crippen LogP) is 3.52. The lowest BCUT2D eigenvalue weighted by Crippen LogP contribution is -1.80. The lowest BCUT2D eigenvalue weighted by molar-refractivity contribution is 0.856. The lowest BCUT2D eigenvalue weighted by atomic mass is 10.1. The molecule has 0 N–H and O–H groups in total. The van der Waals surface area contributed by atoms with Crippen LogP contribution in [0.1, 0.15) is 33.1 Å². The fourth-order valence-corrected chi connectivity index (χ4v) is 1.31. The molecule has 54 valence electrons. The third-order valence-corrected chi connectivity index (χ3v) is 1.71.